The van der Waals surface area contributed by atoms with Gasteiger partial charge in [0.2, 0.25) is 0 Å². The van der Waals surface area contributed by atoms with Crippen molar-refractivity contribution in [2.75, 3.05) is 0 Å². The zero-order chi connectivity index (χ0) is 22.2. The first kappa shape index (κ1) is 20.0. The molecular formula is C26H18ClN3O2. The maximum Gasteiger partial charge on any atom is 0.260 e. The number of aromatic amines is 1. The van der Waals surface area contributed by atoms with Crippen LogP contribution >= 0.6 is 11.6 Å². The second-order valence-electron chi connectivity index (χ2n) is 7.48. The molecule has 0 radical (unpaired) electrons. The zero-order valence-electron chi connectivity index (χ0n) is 17.2. The summed E-state index contributed by atoms with van der Waals surface area (Å²) in [5, 5.41) is 1.23. The lowest BCUT2D eigenvalue weighted by molar-refractivity contribution is 0.104. The molecule has 0 amide bonds. The van der Waals surface area contributed by atoms with Gasteiger partial charge in [-0.25, -0.2) is 4.98 Å². The van der Waals surface area contributed by atoms with Crippen LogP contribution in [0.1, 0.15) is 16.2 Å². The van der Waals surface area contributed by atoms with Gasteiger partial charge in [0.25, 0.3) is 5.56 Å². The number of nitrogens with zero attached hydrogens (tertiary/aromatic N) is 2. The number of carbonyl (C=O) groups is 1. The van der Waals surface area contributed by atoms with Gasteiger partial charge in [-0.05, 0) is 48.0 Å². The van der Waals surface area contributed by atoms with Gasteiger partial charge in [0.1, 0.15) is 5.82 Å². The van der Waals surface area contributed by atoms with Gasteiger partial charge in [0, 0.05) is 28.5 Å². The highest BCUT2D eigenvalue weighted by atomic mass is 35.5. The number of rotatable bonds is 4. The van der Waals surface area contributed by atoms with Crippen molar-refractivity contribution in [3.8, 4) is 11.1 Å². The molecule has 0 spiro atoms. The first-order chi connectivity index (χ1) is 15.5. The highest BCUT2D eigenvalue weighted by molar-refractivity contribution is 6.31. The largest absolute Gasteiger partial charge is 0.328 e. The second-order valence-corrected chi connectivity index (χ2v) is 7.91. The average Bonchev–Trinajstić information content (AvgIpc) is 3.13. The summed E-state index contributed by atoms with van der Waals surface area (Å²) in [5.74, 6) is 0.222. The molecule has 0 atom stereocenters. The maximum absolute atomic E-state index is 13.3. The van der Waals surface area contributed by atoms with E-state index >= 15 is 0 Å². The Morgan fingerprint density at radius 3 is 2.56 bits per heavy atom. The minimum Gasteiger partial charge on any atom is -0.328 e. The number of H-pyrrole nitrogens is 1. The number of benzene rings is 3. The minimum atomic E-state index is -0.446. The van der Waals surface area contributed by atoms with Crippen molar-refractivity contribution in [2.45, 2.75) is 0 Å². The first-order valence-electron chi connectivity index (χ1n) is 10.1. The third kappa shape index (κ3) is 3.43. The van der Waals surface area contributed by atoms with E-state index in [2.05, 4.69) is 9.97 Å². The average molecular weight is 440 g/mol. The summed E-state index contributed by atoms with van der Waals surface area (Å²) in [6.07, 6.45) is 3.04. The molecule has 3 aromatic carbocycles. The Balaban J connectivity index is 1.68. The van der Waals surface area contributed by atoms with Gasteiger partial charge in [0.05, 0.1) is 16.6 Å². The Morgan fingerprint density at radius 1 is 1.03 bits per heavy atom. The molecule has 156 valence electrons. The summed E-state index contributed by atoms with van der Waals surface area (Å²) in [4.78, 5) is 33.7. The smallest absolute Gasteiger partial charge is 0.260 e. The van der Waals surface area contributed by atoms with Gasteiger partial charge >= 0.3 is 0 Å². The number of fused-ring (bicyclic) bond motifs is 2. The Labute approximate surface area is 188 Å². The number of nitrogens with one attached hydrogen (secondary N) is 1. The summed E-state index contributed by atoms with van der Waals surface area (Å²) in [7, 11) is 1.89. The van der Waals surface area contributed by atoms with Crippen molar-refractivity contribution in [1.29, 1.82) is 0 Å². The normalized spacial score (nSPS) is 11.6. The fourth-order valence-electron chi connectivity index (χ4n) is 3.95. The predicted molar refractivity (Wildman–Crippen MR) is 129 cm³/mol. The maximum atomic E-state index is 13.3. The monoisotopic (exact) mass is 439 g/mol. The lowest BCUT2D eigenvalue weighted by Crippen LogP contribution is -2.18. The van der Waals surface area contributed by atoms with Gasteiger partial charge in [-0.2, -0.15) is 0 Å². The summed E-state index contributed by atoms with van der Waals surface area (Å²) in [5.41, 5.74) is 3.37. The first-order valence-corrected chi connectivity index (χ1v) is 10.5. The van der Waals surface area contributed by atoms with Gasteiger partial charge in [-0.15, -0.1) is 0 Å². The summed E-state index contributed by atoms with van der Waals surface area (Å²) >= 11 is 6.25. The highest BCUT2D eigenvalue weighted by Crippen LogP contribution is 2.31. The zero-order valence-corrected chi connectivity index (χ0v) is 17.9. The summed E-state index contributed by atoms with van der Waals surface area (Å²) < 4.78 is 1.90. The molecule has 2 heterocycles. The minimum absolute atomic E-state index is 0.0704. The highest BCUT2D eigenvalue weighted by Gasteiger charge is 2.19. The van der Waals surface area contributed by atoms with E-state index in [4.69, 9.17) is 11.6 Å². The molecule has 5 aromatic rings. The van der Waals surface area contributed by atoms with E-state index in [-0.39, 0.29) is 5.56 Å². The van der Waals surface area contributed by atoms with Crippen LogP contribution in [0.3, 0.4) is 0 Å². The van der Waals surface area contributed by atoms with Crippen molar-refractivity contribution in [1.82, 2.24) is 14.5 Å². The summed E-state index contributed by atoms with van der Waals surface area (Å²) in [6, 6.07) is 22.3. The number of aromatic nitrogens is 3. The van der Waals surface area contributed by atoms with Crippen LogP contribution in [-0.4, -0.2) is 20.3 Å². The Bertz CT molecular complexity index is 1580. The molecule has 0 saturated heterocycles. The van der Waals surface area contributed by atoms with Crippen molar-refractivity contribution in [2.24, 2.45) is 7.05 Å². The number of para-hydroxylation sites is 2. The third-order valence-electron chi connectivity index (χ3n) is 5.49. The molecule has 5 rings (SSSR count). The standard InChI is InChI=1S/C26H18ClN3O2/c1-30-21-10-6-5-9-20(21)28-23(30)14-13-22(31)25-24(16-7-3-2-4-8-16)18-15-17(27)11-12-19(18)29-26(25)32/h2-15H,1H3,(H,29,32)/b14-13+. The molecule has 6 heteroatoms. The number of pyridine rings is 1. The van der Waals surface area contributed by atoms with E-state index in [1.807, 2.05) is 66.2 Å². The van der Waals surface area contributed by atoms with Crippen LogP contribution in [0.4, 0.5) is 0 Å². The van der Waals surface area contributed by atoms with Crippen LogP contribution in [0, 0.1) is 0 Å². The third-order valence-corrected chi connectivity index (χ3v) is 5.73. The number of hydrogen-bond acceptors (Lipinski definition) is 3. The number of hydrogen-bond donors (Lipinski definition) is 1. The number of imidazole rings is 1. The predicted octanol–water partition coefficient (Wildman–Crippen LogP) is 5.63. The van der Waals surface area contributed by atoms with E-state index in [1.54, 1.807) is 24.3 Å². The van der Waals surface area contributed by atoms with Gasteiger partial charge in [-0.3, -0.25) is 9.59 Å². The van der Waals surface area contributed by atoms with E-state index in [1.165, 1.54) is 6.08 Å². The number of allylic oxidation sites excluding steroid dienone is 1. The number of halogens is 1. The van der Waals surface area contributed by atoms with Crippen molar-refractivity contribution in [3.05, 3.63) is 106 Å². The van der Waals surface area contributed by atoms with Crippen LogP contribution in [0.25, 0.3) is 39.1 Å². The van der Waals surface area contributed by atoms with Crippen LogP contribution < -0.4 is 5.56 Å². The van der Waals surface area contributed by atoms with Crippen LogP contribution in [0.5, 0.6) is 0 Å². The lowest BCUT2D eigenvalue weighted by Gasteiger charge is -2.11. The van der Waals surface area contributed by atoms with Crippen LogP contribution in [0.15, 0.2) is 83.7 Å². The molecule has 0 fully saturated rings. The van der Waals surface area contributed by atoms with Crippen LogP contribution in [0.2, 0.25) is 5.02 Å². The van der Waals surface area contributed by atoms with Gasteiger partial charge in [0.15, 0.2) is 5.78 Å². The van der Waals surface area contributed by atoms with Crippen molar-refractivity contribution >= 4 is 45.4 Å². The summed E-state index contributed by atoms with van der Waals surface area (Å²) in [6.45, 7) is 0. The molecule has 0 aliphatic rings. The quantitative estimate of drug-likeness (QED) is 0.291. The van der Waals surface area contributed by atoms with Gasteiger partial charge < -0.3 is 9.55 Å². The molecule has 1 N–H and O–H groups in total. The van der Waals surface area contributed by atoms with Crippen molar-refractivity contribution < 1.29 is 4.79 Å². The Kier molecular flexibility index (Phi) is 4.96. The Hall–Kier alpha value is -3.96. The van der Waals surface area contributed by atoms with E-state index in [0.717, 1.165) is 16.6 Å². The number of aryl methyl sites for hydroxylation is 1. The molecule has 0 aliphatic carbocycles. The number of ketones is 1. The Morgan fingerprint density at radius 2 is 1.78 bits per heavy atom. The van der Waals surface area contributed by atoms with E-state index in [9.17, 15) is 9.59 Å². The van der Waals surface area contributed by atoms with Crippen molar-refractivity contribution in [3.63, 3.8) is 0 Å². The molecule has 32 heavy (non-hydrogen) atoms. The van der Waals surface area contributed by atoms with Crippen LogP contribution in [-0.2, 0) is 7.05 Å². The second kappa shape index (κ2) is 7.94. The van der Waals surface area contributed by atoms with E-state index in [0.29, 0.717) is 27.3 Å². The van der Waals surface area contributed by atoms with Gasteiger partial charge in [-0.1, -0.05) is 54.1 Å². The molecular weight excluding hydrogens is 422 g/mol. The molecule has 0 saturated carbocycles. The topological polar surface area (TPSA) is 67.8 Å². The lowest BCUT2D eigenvalue weighted by atomic mass is 9.94. The molecule has 5 nitrogen and oxygen atoms in total. The fourth-order valence-corrected chi connectivity index (χ4v) is 4.12. The SMILES string of the molecule is Cn1c(/C=C/C(=O)c2c(-c3ccccc3)c3cc(Cl)ccc3[nH]c2=O)nc2ccccc21. The van der Waals surface area contributed by atoms with E-state index < -0.39 is 11.3 Å². The molecule has 2 aromatic heterocycles. The molecule has 0 bridgehead atoms. The molecule has 0 aliphatic heterocycles. The number of carbonyl (C=O) groups excluding carboxylic acids is 1. The molecule has 0 unspecified atom stereocenters. The fraction of sp³-hybridized carbons (Fsp3) is 0.0385.